The van der Waals surface area contributed by atoms with Gasteiger partial charge in [-0.3, -0.25) is 9.59 Å². The van der Waals surface area contributed by atoms with Gasteiger partial charge < -0.3 is 10.6 Å². The summed E-state index contributed by atoms with van der Waals surface area (Å²) in [6, 6.07) is 1.35. The summed E-state index contributed by atoms with van der Waals surface area (Å²) in [5, 5.41) is 4.79. The number of halogens is 2. The molecule has 6 nitrogen and oxygen atoms in total. The van der Waals surface area contributed by atoms with Crippen LogP contribution in [0.25, 0.3) is 0 Å². The topological polar surface area (TPSA) is 84.0 Å². The second-order valence-electron chi connectivity index (χ2n) is 2.80. The van der Waals surface area contributed by atoms with Gasteiger partial charge in [0.2, 0.25) is 17.1 Å². The molecule has 8 heteroatoms. The van der Waals surface area contributed by atoms with Gasteiger partial charge in [-0.25, -0.2) is 9.97 Å². The fourth-order valence-corrected chi connectivity index (χ4v) is 1.25. The van der Waals surface area contributed by atoms with Crippen molar-refractivity contribution in [2.45, 2.75) is 6.92 Å². The van der Waals surface area contributed by atoms with Gasteiger partial charge >= 0.3 is 0 Å². The van der Waals surface area contributed by atoms with Gasteiger partial charge in [0.25, 0.3) is 0 Å². The van der Waals surface area contributed by atoms with Gasteiger partial charge in [-0.2, -0.15) is 0 Å². The number of nitrogens with zero attached hydrogens (tertiary/aromatic N) is 2. The highest BCUT2D eigenvalue weighted by atomic mass is 35.5. The number of aromatic nitrogens is 2. The minimum Gasteiger partial charge on any atom is -0.347 e. The van der Waals surface area contributed by atoms with Crippen LogP contribution in [0.1, 0.15) is 6.92 Å². The smallest absolute Gasteiger partial charge is 0.244 e. The van der Waals surface area contributed by atoms with Crippen LogP contribution in [0, 0.1) is 0 Å². The Kier molecular flexibility index (Phi) is 4.45. The highest BCUT2D eigenvalue weighted by Gasteiger charge is 2.06. The van der Waals surface area contributed by atoms with Crippen molar-refractivity contribution in [3.63, 3.8) is 0 Å². The van der Waals surface area contributed by atoms with E-state index >= 15 is 0 Å². The highest BCUT2D eigenvalue weighted by Crippen LogP contribution is 2.13. The molecule has 0 unspecified atom stereocenters. The second kappa shape index (κ2) is 5.62. The van der Waals surface area contributed by atoms with Gasteiger partial charge in [-0.05, 0) is 11.6 Å². The Balaban J connectivity index is 2.59. The Morgan fingerprint density at radius 1 is 1.38 bits per heavy atom. The Labute approximate surface area is 101 Å². The van der Waals surface area contributed by atoms with Crippen molar-refractivity contribution >= 4 is 40.8 Å². The summed E-state index contributed by atoms with van der Waals surface area (Å²) >= 11 is 11.1. The lowest BCUT2D eigenvalue weighted by Crippen LogP contribution is -2.31. The maximum absolute atomic E-state index is 11.3. The molecular formula is C8H8Cl2N4O2. The zero-order chi connectivity index (χ0) is 12.1. The summed E-state index contributed by atoms with van der Waals surface area (Å²) in [6.07, 6.45) is 0. The third-order valence-electron chi connectivity index (χ3n) is 1.43. The molecule has 0 fully saturated rings. The molecule has 0 aliphatic rings. The number of nitrogens with one attached hydrogen (secondary N) is 2. The van der Waals surface area contributed by atoms with Crippen LogP contribution in [0.2, 0.25) is 10.4 Å². The zero-order valence-corrected chi connectivity index (χ0v) is 9.76. The minimum atomic E-state index is -0.430. The molecule has 0 radical (unpaired) electrons. The molecular weight excluding hydrogens is 255 g/mol. The van der Waals surface area contributed by atoms with Gasteiger partial charge in [-0.15, -0.1) is 0 Å². The Bertz CT molecular complexity index is 404. The van der Waals surface area contributed by atoms with Crippen LogP contribution in [0.3, 0.4) is 0 Å². The molecule has 0 aliphatic heterocycles. The first kappa shape index (κ1) is 12.7. The molecule has 0 aliphatic carbocycles. The van der Waals surface area contributed by atoms with E-state index in [0.29, 0.717) is 0 Å². The van der Waals surface area contributed by atoms with E-state index in [1.807, 2.05) is 0 Å². The minimum absolute atomic E-state index is 0.0673. The van der Waals surface area contributed by atoms with Crippen LogP contribution in [0.5, 0.6) is 0 Å². The molecule has 0 saturated carbocycles. The molecule has 0 spiro atoms. The largest absolute Gasteiger partial charge is 0.347 e. The molecule has 1 rings (SSSR count). The third kappa shape index (κ3) is 4.41. The SMILES string of the molecule is CC(=O)NCC(=O)Nc1cc(Cl)nc(Cl)n1. The van der Waals surface area contributed by atoms with Crippen LogP contribution < -0.4 is 10.6 Å². The molecule has 0 bridgehead atoms. The molecule has 0 aromatic carbocycles. The van der Waals surface area contributed by atoms with Gasteiger partial charge in [-0.1, -0.05) is 11.6 Å². The number of hydrogen-bond acceptors (Lipinski definition) is 4. The lowest BCUT2D eigenvalue weighted by Gasteiger charge is -2.05. The first-order valence-electron chi connectivity index (χ1n) is 4.22. The number of rotatable bonds is 3. The van der Waals surface area contributed by atoms with E-state index in [-0.39, 0.29) is 28.7 Å². The third-order valence-corrected chi connectivity index (χ3v) is 1.80. The molecule has 1 aromatic heterocycles. The molecule has 86 valence electrons. The quantitative estimate of drug-likeness (QED) is 0.625. The average Bonchev–Trinajstić information content (AvgIpc) is 2.12. The lowest BCUT2D eigenvalue weighted by atomic mass is 10.5. The van der Waals surface area contributed by atoms with Crippen LogP contribution >= 0.6 is 23.2 Å². The van der Waals surface area contributed by atoms with Crippen molar-refractivity contribution in [1.82, 2.24) is 15.3 Å². The van der Waals surface area contributed by atoms with E-state index in [9.17, 15) is 9.59 Å². The molecule has 2 amide bonds. The summed E-state index contributed by atoms with van der Waals surface area (Å²) in [5.74, 6) is -0.546. The molecule has 0 saturated heterocycles. The number of carbonyl (C=O) groups is 2. The molecule has 1 aromatic rings. The van der Waals surface area contributed by atoms with Gasteiger partial charge in [0.15, 0.2) is 0 Å². The molecule has 1 heterocycles. The first-order valence-corrected chi connectivity index (χ1v) is 4.97. The molecule has 0 atom stereocenters. The van der Waals surface area contributed by atoms with Crippen molar-refractivity contribution in [3.05, 3.63) is 16.5 Å². The summed E-state index contributed by atoms with van der Waals surface area (Å²) < 4.78 is 0. The lowest BCUT2D eigenvalue weighted by molar-refractivity contribution is -0.122. The van der Waals surface area contributed by atoms with Crippen LogP contribution in [-0.2, 0) is 9.59 Å². The van der Waals surface area contributed by atoms with E-state index in [1.54, 1.807) is 0 Å². The fourth-order valence-electron chi connectivity index (χ4n) is 0.846. The second-order valence-corrected chi connectivity index (χ2v) is 3.53. The zero-order valence-electron chi connectivity index (χ0n) is 8.25. The average molecular weight is 263 g/mol. The Morgan fingerprint density at radius 3 is 2.62 bits per heavy atom. The van der Waals surface area contributed by atoms with Gasteiger partial charge in [0.1, 0.15) is 11.0 Å². The Morgan fingerprint density at radius 2 is 2.06 bits per heavy atom. The van der Waals surface area contributed by atoms with Crippen molar-refractivity contribution in [1.29, 1.82) is 0 Å². The highest BCUT2D eigenvalue weighted by molar-refractivity contribution is 6.32. The molecule has 16 heavy (non-hydrogen) atoms. The van der Waals surface area contributed by atoms with Crippen LogP contribution in [0.4, 0.5) is 5.82 Å². The standard InChI is InChI=1S/C8H8Cl2N4O2/c1-4(15)11-3-7(16)13-6-2-5(9)12-8(10)14-6/h2H,3H2,1H3,(H,11,15)(H,12,13,14,16). The first-order chi connectivity index (χ1) is 7.47. The number of carbonyl (C=O) groups excluding carboxylic acids is 2. The van der Waals surface area contributed by atoms with Crippen molar-refractivity contribution in [3.8, 4) is 0 Å². The summed E-state index contributed by atoms with van der Waals surface area (Å²) in [6.45, 7) is 1.17. The predicted molar refractivity (Wildman–Crippen MR) is 59.4 cm³/mol. The summed E-state index contributed by atoms with van der Waals surface area (Å²) in [7, 11) is 0. The van der Waals surface area contributed by atoms with Crippen molar-refractivity contribution < 1.29 is 9.59 Å². The van der Waals surface area contributed by atoms with E-state index in [1.165, 1.54) is 13.0 Å². The molecule has 2 N–H and O–H groups in total. The van der Waals surface area contributed by atoms with E-state index in [2.05, 4.69) is 20.6 Å². The fraction of sp³-hybridized carbons (Fsp3) is 0.250. The maximum Gasteiger partial charge on any atom is 0.244 e. The summed E-state index contributed by atoms with van der Waals surface area (Å²) in [4.78, 5) is 29.2. The van der Waals surface area contributed by atoms with E-state index < -0.39 is 5.91 Å². The van der Waals surface area contributed by atoms with Crippen LogP contribution in [0.15, 0.2) is 6.07 Å². The number of hydrogen-bond donors (Lipinski definition) is 2. The van der Waals surface area contributed by atoms with Crippen molar-refractivity contribution in [2.24, 2.45) is 0 Å². The van der Waals surface area contributed by atoms with Gasteiger partial charge in [0, 0.05) is 13.0 Å². The normalized spacial score (nSPS) is 9.69. The maximum atomic E-state index is 11.3. The van der Waals surface area contributed by atoms with E-state index in [4.69, 9.17) is 23.2 Å². The van der Waals surface area contributed by atoms with Crippen molar-refractivity contribution in [2.75, 3.05) is 11.9 Å². The van der Waals surface area contributed by atoms with Crippen LogP contribution in [-0.4, -0.2) is 28.3 Å². The van der Waals surface area contributed by atoms with E-state index in [0.717, 1.165) is 0 Å². The monoisotopic (exact) mass is 262 g/mol. The Hall–Kier alpha value is -1.40. The number of anilines is 1. The van der Waals surface area contributed by atoms with Gasteiger partial charge in [0.05, 0.1) is 6.54 Å². The summed E-state index contributed by atoms with van der Waals surface area (Å²) in [5.41, 5.74) is 0. The number of amides is 2. The predicted octanol–water partition coefficient (Wildman–Crippen LogP) is 0.858.